The van der Waals surface area contributed by atoms with Crippen LogP contribution in [0, 0.1) is 6.92 Å². The minimum absolute atomic E-state index is 0.164. The predicted octanol–water partition coefficient (Wildman–Crippen LogP) is 4.69. The number of carbonyl (C=O) groups is 2. The molecule has 2 heterocycles. The number of carboxylic acid groups (broad SMARTS) is 2. The Bertz CT molecular complexity index is 1020. The summed E-state index contributed by atoms with van der Waals surface area (Å²) in [6, 6.07) is 8.38. The van der Waals surface area contributed by atoms with E-state index in [0.717, 1.165) is 48.8 Å². The number of aryl methyl sites for hydroxylation is 1. The van der Waals surface area contributed by atoms with E-state index in [2.05, 4.69) is 9.88 Å². The molecular formula is C24H28ClF3N2O6. The molecule has 1 aliphatic heterocycles. The van der Waals surface area contributed by atoms with Gasteiger partial charge in [0.05, 0.1) is 12.8 Å². The van der Waals surface area contributed by atoms with Crippen molar-refractivity contribution < 1.29 is 42.1 Å². The number of hydrogen-bond acceptors (Lipinski definition) is 6. The standard InChI is InChI=1S/C22H27ClN2O4.C2HF3O2/c1-14-11-24-21(29-14)16-4-8-18(9-5-16)25-12-20(22(26)27)28-13-19(25)10-15-2-6-17(23)7-3-15;3-2(4,5)1(6)7/h2-3,6-7,11,16,18-20H,4-5,8-10,12-13H2,1H3,(H,26,27);(H,6,7)/t16?,18?,19-,20+;/m0./s1. The molecule has 0 spiro atoms. The van der Waals surface area contributed by atoms with Crippen LogP contribution in [0.4, 0.5) is 13.2 Å². The molecule has 1 aliphatic carbocycles. The Kier molecular flexibility index (Phi) is 9.37. The summed E-state index contributed by atoms with van der Waals surface area (Å²) in [5.41, 5.74) is 1.19. The summed E-state index contributed by atoms with van der Waals surface area (Å²) in [6.07, 6.45) is 0.792. The number of aliphatic carboxylic acids is 2. The van der Waals surface area contributed by atoms with Crippen LogP contribution in [0.3, 0.4) is 0 Å². The number of hydrogen-bond donors (Lipinski definition) is 2. The normalized spacial score (nSPS) is 25.0. The monoisotopic (exact) mass is 532 g/mol. The molecule has 12 heteroatoms. The van der Waals surface area contributed by atoms with Crippen molar-refractivity contribution in [3.8, 4) is 0 Å². The molecule has 1 saturated heterocycles. The molecular weight excluding hydrogens is 505 g/mol. The first-order chi connectivity index (χ1) is 16.9. The van der Waals surface area contributed by atoms with Crippen LogP contribution in [0.1, 0.15) is 48.8 Å². The number of carboxylic acids is 2. The third kappa shape index (κ3) is 7.68. The van der Waals surface area contributed by atoms with Gasteiger partial charge in [0, 0.05) is 29.6 Å². The van der Waals surface area contributed by atoms with Crippen molar-refractivity contribution in [2.45, 2.75) is 69.3 Å². The van der Waals surface area contributed by atoms with Crippen molar-refractivity contribution in [3.05, 3.63) is 52.7 Å². The van der Waals surface area contributed by atoms with Crippen LogP contribution >= 0.6 is 11.6 Å². The van der Waals surface area contributed by atoms with Crippen LogP contribution in [0.5, 0.6) is 0 Å². The molecule has 8 nitrogen and oxygen atoms in total. The minimum atomic E-state index is -5.08. The van der Waals surface area contributed by atoms with Crippen molar-refractivity contribution >= 4 is 23.5 Å². The maximum Gasteiger partial charge on any atom is 0.490 e. The maximum absolute atomic E-state index is 11.5. The lowest BCUT2D eigenvalue weighted by Crippen LogP contribution is -2.57. The predicted molar refractivity (Wildman–Crippen MR) is 123 cm³/mol. The average molecular weight is 533 g/mol. The fourth-order valence-electron chi connectivity index (χ4n) is 4.60. The van der Waals surface area contributed by atoms with E-state index in [4.69, 9.17) is 30.7 Å². The lowest BCUT2D eigenvalue weighted by molar-refractivity contribution is -0.192. The molecule has 198 valence electrons. The zero-order valence-electron chi connectivity index (χ0n) is 19.6. The summed E-state index contributed by atoms with van der Waals surface area (Å²) in [5, 5.41) is 17.3. The van der Waals surface area contributed by atoms with E-state index < -0.39 is 24.2 Å². The van der Waals surface area contributed by atoms with Crippen molar-refractivity contribution in [1.82, 2.24) is 9.88 Å². The summed E-state index contributed by atoms with van der Waals surface area (Å²) >= 11 is 6.01. The van der Waals surface area contributed by atoms with Crippen molar-refractivity contribution in [2.24, 2.45) is 0 Å². The Labute approximate surface area is 211 Å². The van der Waals surface area contributed by atoms with Crippen LogP contribution in [-0.4, -0.2) is 69.6 Å². The molecule has 2 aromatic rings. The smallest absolute Gasteiger partial charge is 0.479 e. The molecule has 2 N–H and O–H groups in total. The molecule has 1 aromatic heterocycles. The second-order valence-corrected chi connectivity index (χ2v) is 9.40. The largest absolute Gasteiger partial charge is 0.490 e. The molecule has 2 atom stereocenters. The highest BCUT2D eigenvalue weighted by Gasteiger charge is 2.39. The van der Waals surface area contributed by atoms with Crippen LogP contribution < -0.4 is 0 Å². The number of morpholine rings is 1. The Morgan fingerprint density at radius 3 is 2.25 bits per heavy atom. The molecule has 0 unspecified atom stereocenters. The van der Waals surface area contributed by atoms with Crippen LogP contribution in [0.25, 0.3) is 0 Å². The summed E-state index contributed by atoms with van der Waals surface area (Å²) in [7, 11) is 0. The van der Waals surface area contributed by atoms with Crippen LogP contribution in [0.2, 0.25) is 5.02 Å². The molecule has 36 heavy (non-hydrogen) atoms. The van der Waals surface area contributed by atoms with E-state index >= 15 is 0 Å². The molecule has 0 bridgehead atoms. The molecule has 2 aliphatic rings. The topological polar surface area (TPSA) is 113 Å². The zero-order chi connectivity index (χ0) is 26.5. The van der Waals surface area contributed by atoms with Crippen LogP contribution in [-0.2, 0) is 20.7 Å². The van der Waals surface area contributed by atoms with Crippen LogP contribution in [0.15, 0.2) is 34.9 Å². The lowest BCUT2D eigenvalue weighted by Gasteiger charge is -2.45. The van der Waals surface area contributed by atoms with Crippen molar-refractivity contribution in [3.63, 3.8) is 0 Å². The molecule has 0 radical (unpaired) electrons. The highest BCUT2D eigenvalue weighted by Crippen LogP contribution is 2.36. The summed E-state index contributed by atoms with van der Waals surface area (Å²) in [5.74, 6) is -1.60. The van der Waals surface area contributed by atoms with E-state index in [1.54, 1.807) is 6.20 Å². The minimum Gasteiger partial charge on any atom is -0.479 e. The van der Waals surface area contributed by atoms with Gasteiger partial charge in [-0.1, -0.05) is 23.7 Å². The molecule has 4 rings (SSSR count). The van der Waals surface area contributed by atoms with Crippen molar-refractivity contribution in [1.29, 1.82) is 0 Å². The third-order valence-electron chi connectivity index (χ3n) is 6.39. The van der Waals surface area contributed by atoms with Crippen molar-refractivity contribution in [2.75, 3.05) is 13.2 Å². The van der Waals surface area contributed by atoms with Gasteiger partial charge in [-0.05, 0) is 56.7 Å². The fraction of sp³-hybridized carbons (Fsp3) is 0.542. The van der Waals surface area contributed by atoms with Gasteiger partial charge in [-0.15, -0.1) is 0 Å². The highest BCUT2D eigenvalue weighted by atomic mass is 35.5. The number of nitrogens with zero attached hydrogens (tertiary/aromatic N) is 2. The summed E-state index contributed by atoms with van der Waals surface area (Å²) in [6.45, 7) is 2.78. The van der Waals surface area contributed by atoms with Gasteiger partial charge in [0.15, 0.2) is 12.0 Å². The summed E-state index contributed by atoms with van der Waals surface area (Å²) < 4.78 is 43.1. The van der Waals surface area contributed by atoms with Gasteiger partial charge in [0.2, 0.25) is 0 Å². The van der Waals surface area contributed by atoms with Gasteiger partial charge in [0.1, 0.15) is 5.76 Å². The fourth-order valence-corrected chi connectivity index (χ4v) is 4.72. The van der Waals surface area contributed by atoms with Gasteiger partial charge in [-0.25, -0.2) is 14.6 Å². The first kappa shape index (κ1) is 27.9. The number of halogens is 4. The Balaban J connectivity index is 0.000000454. The zero-order valence-corrected chi connectivity index (χ0v) is 20.3. The molecule has 1 saturated carbocycles. The Morgan fingerprint density at radius 2 is 1.75 bits per heavy atom. The average Bonchev–Trinajstić information content (AvgIpc) is 3.27. The SMILES string of the molecule is Cc1cnc(C2CCC(N3C[C@H](C(=O)O)OC[C@@H]3Cc3ccc(Cl)cc3)CC2)o1.O=C(O)C(F)(F)F. The first-order valence-electron chi connectivity index (χ1n) is 11.5. The second-order valence-electron chi connectivity index (χ2n) is 8.96. The quantitative estimate of drug-likeness (QED) is 0.570. The molecule has 2 fully saturated rings. The lowest BCUT2D eigenvalue weighted by atomic mass is 9.84. The number of alkyl halides is 3. The van der Waals surface area contributed by atoms with Gasteiger partial charge >= 0.3 is 18.1 Å². The molecule has 1 aromatic carbocycles. The van der Waals surface area contributed by atoms with E-state index in [9.17, 15) is 23.1 Å². The third-order valence-corrected chi connectivity index (χ3v) is 6.64. The van der Waals surface area contributed by atoms with E-state index in [-0.39, 0.29) is 6.04 Å². The van der Waals surface area contributed by atoms with E-state index in [0.29, 0.717) is 25.1 Å². The number of ether oxygens (including phenoxy) is 1. The number of aromatic nitrogens is 1. The molecule has 0 amide bonds. The highest BCUT2D eigenvalue weighted by molar-refractivity contribution is 6.30. The Morgan fingerprint density at radius 1 is 1.14 bits per heavy atom. The Hall–Kier alpha value is -2.63. The number of rotatable bonds is 5. The second kappa shape index (κ2) is 12.1. The number of oxazole rings is 1. The van der Waals surface area contributed by atoms with E-state index in [1.165, 1.54) is 5.56 Å². The maximum atomic E-state index is 11.5. The van der Waals surface area contributed by atoms with Gasteiger partial charge in [-0.3, -0.25) is 4.90 Å². The van der Waals surface area contributed by atoms with E-state index in [1.807, 2.05) is 31.2 Å². The van der Waals surface area contributed by atoms with Gasteiger partial charge in [0.25, 0.3) is 0 Å². The van der Waals surface area contributed by atoms with Gasteiger partial charge in [-0.2, -0.15) is 13.2 Å². The summed E-state index contributed by atoms with van der Waals surface area (Å²) in [4.78, 5) is 27.2. The number of benzene rings is 1. The first-order valence-corrected chi connectivity index (χ1v) is 11.9. The van der Waals surface area contributed by atoms with Gasteiger partial charge < -0.3 is 19.4 Å².